The molecule has 2 saturated heterocycles. The van der Waals surface area contributed by atoms with E-state index in [1.165, 1.54) is 5.57 Å². The zero-order valence-electron chi connectivity index (χ0n) is 16.7. The summed E-state index contributed by atoms with van der Waals surface area (Å²) in [6, 6.07) is 10.6. The first-order valence-corrected chi connectivity index (χ1v) is 10.2. The molecule has 4 N–H and O–H groups in total. The monoisotopic (exact) mass is 385 g/mol. The molecule has 0 saturated carbocycles. The standard InChI is InChI=1S/C21H31N5O2/c1-21(2)17-13-22-19(24-16-8-10-28-11-9-16)25-18(17)14-26(21)20(27)23-12-15-6-4-3-5-7-15/h3-7,13,16,18-19,22,24-25H,8-12,14H2,1-2H3,(H,23,27). The van der Waals surface area contributed by atoms with Crippen molar-refractivity contribution in [2.75, 3.05) is 19.8 Å². The quantitative estimate of drug-likeness (QED) is 0.632. The number of carbonyl (C=O) groups excluding carboxylic acids is 1. The van der Waals surface area contributed by atoms with Gasteiger partial charge in [0.05, 0.1) is 11.6 Å². The van der Waals surface area contributed by atoms with E-state index in [1.54, 1.807) is 0 Å². The third kappa shape index (κ3) is 4.01. The lowest BCUT2D eigenvalue weighted by atomic mass is 9.92. The largest absolute Gasteiger partial charge is 0.381 e. The van der Waals surface area contributed by atoms with E-state index in [4.69, 9.17) is 4.74 Å². The van der Waals surface area contributed by atoms with E-state index in [0.29, 0.717) is 19.1 Å². The van der Waals surface area contributed by atoms with E-state index < -0.39 is 0 Å². The van der Waals surface area contributed by atoms with Crippen LogP contribution in [0.2, 0.25) is 0 Å². The first-order valence-electron chi connectivity index (χ1n) is 10.2. The van der Waals surface area contributed by atoms with Crippen molar-refractivity contribution in [2.24, 2.45) is 0 Å². The molecule has 1 aromatic rings. The van der Waals surface area contributed by atoms with Crippen LogP contribution in [0.25, 0.3) is 0 Å². The number of nitrogens with zero attached hydrogens (tertiary/aromatic N) is 1. The Hall–Kier alpha value is -2.09. The Kier molecular flexibility index (Phi) is 5.57. The van der Waals surface area contributed by atoms with Gasteiger partial charge in [0.2, 0.25) is 0 Å². The fourth-order valence-corrected chi connectivity index (χ4v) is 4.34. The first-order chi connectivity index (χ1) is 13.5. The first kappa shape index (κ1) is 19.2. The molecule has 4 rings (SSSR count). The molecule has 7 heteroatoms. The lowest BCUT2D eigenvalue weighted by Crippen LogP contribution is -2.61. The minimum absolute atomic E-state index is 0.0139. The van der Waals surface area contributed by atoms with E-state index in [2.05, 4.69) is 41.3 Å². The summed E-state index contributed by atoms with van der Waals surface area (Å²) >= 11 is 0. The second kappa shape index (κ2) is 8.11. The number of fused-ring (bicyclic) bond motifs is 1. The third-order valence-electron chi connectivity index (χ3n) is 6.05. The highest BCUT2D eigenvalue weighted by molar-refractivity contribution is 5.77. The smallest absolute Gasteiger partial charge is 0.318 e. The zero-order chi connectivity index (χ0) is 19.6. The summed E-state index contributed by atoms with van der Waals surface area (Å²) in [5.41, 5.74) is 1.98. The van der Waals surface area contributed by atoms with E-state index in [9.17, 15) is 4.79 Å². The zero-order valence-corrected chi connectivity index (χ0v) is 16.7. The number of nitrogens with one attached hydrogen (secondary N) is 4. The topological polar surface area (TPSA) is 77.7 Å². The minimum atomic E-state index is -0.338. The van der Waals surface area contributed by atoms with E-state index >= 15 is 0 Å². The van der Waals surface area contributed by atoms with Crippen LogP contribution < -0.4 is 21.3 Å². The number of rotatable bonds is 4. The molecule has 2 unspecified atom stereocenters. The van der Waals surface area contributed by atoms with Gasteiger partial charge < -0.3 is 20.3 Å². The van der Waals surface area contributed by atoms with Gasteiger partial charge in [0.15, 0.2) is 0 Å². The Morgan fingerprint density at radius 2 is 2.00 bits per heavy atom. The Balaban J connectivity index is 1.36. The summed E-state index contributed by atoms with van der Waals surface area (Å²) in [7, 11) is 0. The van der Waals surface area contributed by atoms with Crippen molar-refractivity contribution in [3.05, 3.63) is 47.7 Å². The van der Waals surface area contributed by atoms with Gasteiger partial charge in [-0.1, -0.05) is 30.3 Å². The number of likely N-dealkylation sites (tertiary alicyclic amines) is 1. The highest BCUT2D eigenvalue weighted by atomic mass is 16.5. The van der Waals surface area contributed by atoms with Crippen molar-refractivity contribution >= 4 is 6.03 Å². The second-order valence-corrected chi connectivity index (χ2v) is 8.29. The molecule has 7 nitrogen and oxygen atoms in total. The molecule has 0 bridgehead atoms. The highest BCUT2D eigenvalue weighted by Crippen LogP contribution is 2.35. The molecule has 2 atom stereocenters. The molecular formula is C21H31N5O2. The molecular weight excluding hydrogens is 354 g/mol. The number of amides is 2. The van der Waals surface area contributed by atoms with Gasteiger partial charge >= 0.3 is 6.03 Å². The Bertz CT molecular complexity index is 715. The van der Waals surface area contributed by atoms with Crippen LogP contribution >= 0.6 is 0 Å². The molecule has 28 heavy (non-hydrogen) atoms. The van der Waals surface area contributed by atoms with Crippen LogP contribution in [0.4, 0.5) is 4.79 Å². The average molecular weight is 386 g/mol. The Morgan fingerprint density at radius 3 is 2.75 bits per heavy atom. The van der Waals surface area contributed by atoms with Gasteiger partial charge in [-0.15, -0.1) is 0 Å². The molecule has 152 valence electrons. The molecule has 0 aliphatic carbocycles. The van der Waals surface area contributed by atoms with Gasteiger partial charge in [-0.3, -0.25) is 10.6 Å². The van der Waals surface area contributed by atoms with Crippen LogP contribution in [0, 0.1) is 0 Å². The highest BCUT2D eigenvalue weighted by Gasteiger charge is 2.47. The number of carbonyl (C=O) groups is 1. The van der Waals surface area contributed by atoms with Crippen LogP contribution in [0.5, 0.6) is 0 Å². The van der Waals surface area contributed by atoms with Crippen LogP contribution in [0.1, 0.15) is 32.3 Å². The van der Waals surface area contributed by atoms with Gasteiger partial charge in [-0.05, 0) is 37.8 Å². The van der Waals surface area contributed by atoms with Gasteiger partial charge in [0, 0.05) is 38.5 Å². The fraction of sp³-hybridized carbons (Fsp3) is 0.571. The van der Waals surface area contributed by atoms with Crippen molar-refractivity contribution in [3.8, 4) is 0 Å². The Morgan fingerprint density at radius 1 is 1.25 bits per heavy atom. The van der Waals surface area contributed by atoms with E-state index in [-0.39, 0.29) is 23.9 Å². The summed E-state index contributed by atoms with van der Waals surface area (Å²) in [5.74, 6) is 0. The van der Waals surface area contributed by atoms with Crippen molar-refractivity contribution in [1.29, 1.82) is 0 Å². The summed E-state index contributed by atoms with van der Waals surface area (Å²) in [6.45, 7) is 7.05. The third-order valence-corrected chi connectivity index (χ3v) is 6.05. The Labute approximate surface area is 166 Å². The number of benzene rings is 1. The molecule has 0 aromatic heterocycles. The van der Waals surface area contributed by atoms with Gasteiger partial charge in [0.1, 0.15) is 6.29 Å². The molecule has 3 aliphatic rings. The summed E-state index contributed by atoms with van der Waals surface area (Å²) in [4.78, 5) is 14.8. The minimum Gasteiger partial charge on any atom is -0.381 e. The van der Waals surface area contributed by atoms with Crippen LogP contribution in [-0.4, -0.2) is 54.6 Å². The molecule has 3 aliphatic heterocycles. The predicted octanol–water partition coefficient (Wildman–Crippen LogP) is 1.49. The lowest BCUT2D eigenvalue weighted by Gasteiger charge is -2.36. The van der Waals surface area contributed by atoms with Crippen LogP contribution in [0.3, 0.4) is 0 Å². The SMILES string of the molecule is CC1(C)C2=CNC(NC3CCOCC3)NC2CN1C(=O)NCc1ccccc1. The summed E-state index contributed by atoms with van der Waals surface area (Å²) < 4.78 is 5.44. The van der Waals surface area contributed by atoms with Crippen LogP contribution in [-0.2, 0) is 11.3 Å². The molecule has 0 radical (unpaired) electrons. The van der Waals surface area contributed by atoms with E-state index in [1.807, 2.05) is 35.2 Å². The van der Waals surface area contributed by atoms with E-state index in [0.717, 1.165) is 31.6 Å². The van der Waals surface area contributed by atoms with Crippen LogP contribution in [0.15, 0.2) is 42.1 Å². The fourth-order valence-electron chi connectivity index (χ4n) is 4.34. The number of ether oxygens (including phenoxy) is 1. The van der Waals surface area contributed by atoms with Gasteiger partial charge in [-0.25, -0.2) is 4.79 Å². The summed E-state index contributed by atoms with van der Waals surface area (Å²) in [5, 5.41) is 13.7. The van der Waals surface area contributed by atoms with Crippen molar-refractivity contribution < 1.29 is 9.53 Å². The van der Waals surface area contributed by atoms with Gasteiger partial charge in [-0.2, -0.15) is 0 Å². The molecule has 0 spiro atoms. The van der Waals surface area contributed by atoms with Crippen molar-refractivity contribution in [1.82, 2.24) is 26.2 Å². The van der Waals surface area contributed by atoms with Gasteiger partial charge in [0.25, 0.3) is 0 Å². The molecule has 2 amide bonds. The van der Waals surface area contributed by atoms with Crippen molar-refractivity contribution in [2.45, 2.75) is 57.1 Å². The molecule has 2 fully saturated rings. The number of urea groups is 1. The maximum atomic E-state index is 12.9. The number of hydrogen-bond donors (Lipinski definition) is 4. The lowest BCUT2D eigenvalue weighted by molar-refractivity contribution is 0.0715. The average Bonchev–Trinajstić information content (AvgIpc) is 2.98. The van der Waals surface area contributed by atoms with Crippen molar-refractivity contribution in [3.63, 3.8) is 0 Å². The maximum Gasteiger partial charge on any atom is 0.318 e. The number of hydrogen-bond acceptors (Lipinski definition) is 5. The predicted molar refractivity (Wildman–Crippen MR) is 108 cm³/mol. The molecule has 1 aromatic carbocycles. The molecule has 3 heterocycles. The maximum absolute atomic E-state index is 12.9. The normalized spacial score (nSPS) is 26.9. The second-order valence-electron chi connectivity index (χ2n) is 8.29. The summed E-state index contributed by atoms with van der Waals surface area (Å²) in [6.07, 6.45) is 4.16.